The first-order chi connectivity index (χ1) is 12.5. The first-order valence-electron chi connectivity index (χ1n) is 8.00. The van der Waals surface area contributed by atoms with E-state index in [1.807, 2.05) is 0 Å². The van der Waals surface area contributed by atoms with E-state index in [-0.39, 0.29) is 10.8 Å². The number of methoxy groups -OCH3 is 2. The number of amides is 1. The minimum atomic E-state index is -3.76. The maximum atomic E-state index is 12.5. The highest BCUT2D eigenvalue weighted by atomic mass is 32.2. The first kappa shape index (κ1) is 19.7. The molecular formula is C18H22N2O5S. The maximum Gasteiger partial charge on any atom is 0.261 e. The minimum absolute atomic E-state index is 0.104. The van der Waals surface area contributed by atoms with E-state index in [0.29, 0.717) is 36.6 Å². The zero-order valence-corrected chi connectivity index (χ0v) is 15.5. The van der Waals surface area contributed by atoms with Gasteiger partial charge < -0.3 is 14.8 Å². The molecule has 0 heterocycles. The van der Waals surface area contributed by atoms with Crippen molar-refractivity contribution in [3.63, 3.8) is 0 Å². The molecule has 26 heavy (non-hydrogen) atoms. The lowest BCUT2D eigenvalue weighted by atomic mass is 10.2. The fourth-order valence-electron chi connectivity index (χ4n) is 2.21. The van der Waals surface area contributed by atoms with Crippen molar-refractivity contribution in [2.24, 2.45) is 0 Å². The lowest BCUT2D eigenvalue weighted by molar-refractivity contribution is 0.0948. The third kappa shape index (κ3) is 5.47. The second kappa shape index (κ2) is 9.21. The van der Waals surface area contributed by atoms with Crippen LogP contribution in [-0.4, -0.2) is 41.7 Å². The molecule has 0 saturated heterocycles. The van der Waals surface area contributed by atoms with Crippen LogP contribution in [0.3, 0.4) is 0 Å². The summed E-state index contributed by atoms with van der Waals surface area (Å²) in [5.41, 5.74) is 0.683. The van der Waals surface area contributed by atoms with Crippen LogP contribution in [0.15, 0.2) is 53.4 Å². The number of hydrogen-bond donors (Lipinski definition) is 2. The van der Waals surface area contributed by atoms with Gasteiger partial charge in [-0.15, -0.1) is 0 Å². The van der Waals surface area contributed by atoms with Crippen molar-refractivity contribution >= 4 is 21.6 Å². The van der Waals surface area contributed by atoms with Gasteiger partial charge in [-0.3, -0.25) is 9.52 Å². The Hall–Kier alpha value is -2.58. The normalized spacial score (nSPS) is 11.0. The Balaban J connectivity index is 2.08. The van der Waals surface area contributed by atoms with Gasteiger partial charge in [-0.05, 0) is 48.9 Å². The van der Waals surface area contributed by atoms with Crippen LogP contribution in [0.25, 0.3) is 0 Å². The van der Waals surface area contributed by atoms with E-state index in [1.54, 1.807) is 37.4 Å². The van der Waals surface area contributed by atoms with Crippen molar-refractivity contribution in [2.75, 3.05) is 32.1 Å². The molecule has 0 atom stereocenters. The van der Waals surface area contributed by atoms with E-state index in [1.165, 1.54) is 25.3 Å². The molecule has 140 valence electrons. The molecule has 0 spiro atoms. The highest BCUT2D eigenvalue weighted by Crippen LogP contribution is 2.19. The molecule has 7 nitrogen and oxygen atoms in total. The van der Waals surface area contributed by atoms with E-state index in [9.17, 15) is 13.2 Å². The summed E-state index contributed by atoms with van der Waals surface area (Å²) in [7, 11) is -0.654. The summed E-state index contributed by atoms with van der Waals surface area (Å²) in [6.45, 7) is 1.04. The molecule has 8 heteroatoms. The standard InChI is InChI=1S/C18H22N2O5S/c1-24-12-4-11-19-18(21)14-5-3-6-15(13-14)20-26(22,23)17-9-7-16(25-2)8-10-17/h3,5-10,13,20H,4,11-12H2,1-2H3,(H,19,21). The Labute approximate surface area is 153 Å². The maximum absolute atomic E-state index is 12.5. The number of nitrogens with one attached hydrogen (secondary N) is 2. The molecule has 0 bridgehead atoms. The van der Waals surface area contributed by atoms with Crippen molar-refractivity contribution in [1.82, 2.24) is 5.32 Å². The molecule has 2 aromatic rings. The molecule has 0 aromatic heterocycles. The number of ether oxygens (including phenoxy) is 2. The SMILES string of the molecule is COCCCNC(=O)c1cccc(NS(=O)(=O)c2ccc(OC)cc2)c1. The molecule has 2 rings (SSSR count). The lowest BCUT2D eigenvalue weighted by Gasteiger charge is -2.10. The molecule has 0 fully saturated rings. The van der Waals surface area contributed by atoms with Gasteiger partial charge in [0.1, 0.15) is 5.75 Å². The van der Waals surface area contributed by atoms with E-state index in [0.717, 1.165) is 0 Å². The van der Waals surface area contributed by atoms with E-state index < -0.39 is 10.0 Å². The fourth-order valence-corrected chi connectivity index (χ4v) is 3.26. The molecule has 0 aliphatic heterocycles. The number of benzene rings is 2. The molecule has 0 aliphatic rings. The summed E-state index contributed by atoms with van der Waals surface area (Å²) in [5, 5.41) is 2.76. The van der Waals surface area contributed by atoms with Gasteiger partial charge in [-0.1, -0.05) is 6.07 Å². The molecular weight excluding hydrogens is 356 g/mol. The summed E-state index contributed by atoms with van der Waals surface area (Å²) in [6, 6.07) is 12.4. The van der Waals surface area contributed by atoms with Gasteiger partial charge >= 0.3 is 0 Å². The van der Waals surface area contributed by atoms with Crippen LogP contribution in [0.4, 0.5) is 5.69 Å². The van der Waals surface area contributed by atoms with Crippen LogP contribution in [0, 0.1) is 0 Å². The smallest absolute Gasteiger partial charge is 0.261 e. The van der Waals surface area contributed by atoms with Gasteiger partial charge in [-0.2, -0.15) is 0 Å². The van der Waals surface area contributed by atoms with Gasteiger partial charge in [0.2, 0.25) is 0 Å². The number of rotatable bonds is 9. The second-order valence-electron chi connectivity index (χ2n) is 5.46. The van der Waals surface area contributed by atoms with Crippen LogP contribution < -0.4 is 14.8 Å². The molecule has 0 radical (unpaired) electrons. The van der Waals surface area contributed by atoms with Crippen molar-refractivity contribution < 1.29 is 22.7 Å². The predicted octanol–water partition coefficient (Wildman–Crippen LogP) is 2.26. The van der Waals surface area contributed by atoms with Gasteiger partial charge in [0.15, 0.2) is 0 Å². The van der Waals surface area contributed by atoms with Gasteiger partial charge in [0.25, 0.3) is 15.9 Å². The Morgan fingerprint density at radius 2 is 1.81 bits per heavy atom. The Bertz CT molecular complexity index is 835. The average molecular weight is 378 g/mol. The predicted molar refractivity (Wildman–Crippen MR) is 99.1 cm³/mol. The van der Waals surface area contributed by atoms with Crippen LogP contribution >= 0.6 is 0 Å². The van der Waals surface area contributed by atoms with Crippen molar-refractivity contribution in [1.29, 1.82) is 0 Å². The molecule has 2 aromatic carbocycles. The largest absolute Gasteiger partial charge is 0.497 e. The van der Waals surface area contributed by atoms with E-state index in [4.69, 9.17) is 9.47 Å². The number of sulfonamides is 1. The summed E-state index contributed by atoms with van der Waals surface area (Å²) in [4.78, 5) is 12.2. The Morgan fingerprint density at radius 3 is 2.46 bits per heavy atom. The third-order valence-corrected chi connectivity index (χ3v) is 4.95. The third-order valence-electron chi connectivity index (χ3n) is 3.56. The Morgan fingerprint density at radius 1 is 1.08 bits per heavy atom. The van der Waals surface area contributed by atoms with Crippen LogP contribution in [-0.2, 0) is 14.8 Å². The fraction of sp³-hybridized carbons (Fsp3) is 0.278. The molecule has 0 unspecified atom stereocenters. The van der Waals surface area contributed by atoms with E-state index >= 15 is 0 Å². The number of hydrogen-bond acceptors (Lipinski definition) is 5. The summed E-state index contributed by atoms with van der Waals surface area (Å²) in [5.74, 6) is 0.294. The first-order valence-corrected chi connectivity index (χ1v) is 9.48. The molecule has 2 N–H and O–H groups in total. The van der Waals surface area contributed by atoms with Crippen molar-refractivity contribution in [3.8, 4) is 5.75 Å². The second-order valence-corrected chi connectivity index (χ2v) is 7.15. The van der Waals surface area contributed by atoms with Crippen molar-refractivity contribution in [3.05, 3.63) is 54.1 Å². The minimum Gasteiger partial charge on any atom is -0.497 e. The highest BCUT2D eigenvalue weighted by Gasteiger charge is 2.15. The number of anilines is 1. The van der Waals surface area contributed by atoms with E-state index in [2.05, 4.69) is 10.0 Å². The quantitative estimate of drug-likeness (QED) is 0.653. The topological polar surface area (TPSA) is 93.7 Å². The highest BCUT2D eigenvalue weighted by molar-refractivity contribution is 7.92. The summed E-state index contributed by atoms with van der Waals surface area (Å²) >= 11 is 0. The molecule has 0 aliphatic carbocycles. The van der Waals surface area contributed by atoms with Crippen LogP contribution in [0.1, 0.15) is 16.8 Å². The molecule has 0 saturated carbocycles. The van der Waals surface area contributed by atoms with Gasteiger partial charge in [0, 0.05) is 31.5 Å². The number of carbonyl (C=O) groups is 1. The monoisotopic (exact) mass is 378 g/mol. The van der Waals surface area contributed by atoms with Crippen molar-refractivity contribution in [2.45, 2.75) is 11.3 Å². The van der Waals surface area contributed by atoms with Crippen LogP contribution in [0.2, 0.25) is 0 Å². The summed E-state index contributed by atoms with van der Waals surface area (Å²) < 4.78 is 37.3. The number of carbonyl (C=O) groups excluding carboxylic acids is 1. The van der Waals surface area contributed by atoms with Crippen LogP contribution in [0.5, 0.6) is 5.75 Å². The molecule has 1 amide bonds. The Kier molecular flexibility index (Phi) is 6.99. The zero-order valence-electron chi connectivity index (χ0n) is 14.7. The summed E-state index contributed by atoms with van der Waals surface area (Å²) in [6.07, 6.45) is 0.700. The zero-order chi connectivity index (χ0) is 19.0. The average Bonchev–Trinajstić information content (AvgIpc) is 2.65. The lowest BCUT2D eigenvalue weighted by Crippen LogP contribution is -2.25. The van der Waals surface area contributed by atoms with Gasteiger partial charge in [-0.25, -0.2) is 8.42 Å². The van der Waals surface area contributed by atoms with Gasteiger partial charge in [0.05, 0.1) is 12.0 Å².